The Hall–Kier alpha value is -1.93. The molecule has 0 spiro atoms. The molecule has 8 heteroatoms. The number of hydrogen-bond acceptors (Lipinski definition) is 4. The second-order valence-corrected chi connectivity index (χ2v) is 6.87. The fourth-order valence-electron chi connectivity index (χ4n) is 2.53. The topological polar surface area (TPSA) is 127 Å². The number of primary sulfonamides is 1. The molecule has 2 rings (SSSR count). The molecule has 1 aromatic rings. The summed E-state index contributed by atoms with van der Waals surface area (Å²) in [7, 11) is -3.89. The molecule has 1 saturated carbocycles. The molecule has 1 aromatic carbocycles. The largest absolute Gasteiger partial charge is 0.481 e. The molecule has 7 nitrogen and oxygen atoms in total. The first-order valence-electron chi connectivity index (χ1n) is 6.93. The van der Waals surface area contributed by atoms with Gasteiger partial charge in [0.2, 0.25) is 15.9 Å². The van der Waals surface area contributed by atoms with Crippen molar-refractivity contribution in [3.05, 3.63) is 23.8 Å². The molecule has 0 radical (unpaired) electrons. The van der Waals surface area contributed by atoms with Crippen molar-refractivity contribution in [1.29, 1.82) is 0 Å². The number of carbonyl (C=O) groups excluding carboxylic acids is 1. The molecule has 22 heavy (non-hydrogen) atoms. The predicted molar refractivity (Wildman–Crippen MR) is 79.7 cm³/mol. The van der Waals surface area contributed by atoms with Crippen molar-refractivity contribution < 1.29 is 23.1 Å². The first-order valence-corrected chi connectivity index (χ1v) is 8.48. The zero-order valence-corrected chi connectivity index (χ0v) is 12.9. The van der Waals surface area contributed by atoms with E-state index in [0.29, 0.717) is 30.5 Å². The third-order valence-corrected chi connectivity index (χ3v) is 4.94. The number of nitrogens with one attached hydrogen (secondary N) is 1. The highest BCUT2D eigenvalue weighted by Crippen LogP contribution is 2.35. The minimum Gasteiger partial charge on any atom is -0.481 e. The van der Waals surface area contributed by atoms with Crippen LogP contribution in [0.4, 0.5) is 5.69 Å². The molecule has 120 valence electrons. The van der Waals surface area contributed by atoms with E-state index in [4.69, 9.17) is 10.2 Å². The van der Waals surface area contributed by atoms with Crippen LogP contribution in [0.2, 0.25) is 0 Å². The van der Waals surface area contributed by atoms with E-state index in [0.717, 1.165) is 0 Å². The van der Waals surface area contributed by atoms with E-state index in [9.17, 15) is 18.0 Å². The highest BCUT2D eigenvalue weighted by atomic mass is 32.2. The van der Waals surface area contributed by atoms with Gasteiger partial charge >= 0.3 is 5.97 Å². The Kier molecular flexibility index (Phi) is 4.52. The molecule has 0 bridgehead atoms. The molecular formula is C14H18N2O5S. The van der Waals surface area contributed by atoms with Crippen LogP contribution in [0.15, 0.2) is 23.1 Å². The molecule has 0 saturated heterocycles. The SMILES string of the molecule is CCc1ccc(NC(=O)C2CCC2C(=O)O)cc1S(N)(=O)=O. The van der Waals surface area contributed by atoms with E-state index in [1.807, 2.05) is 0 Å². The van der Waals surface area contributed by atoms with Crippen LogP contribution in [0, 0.1) is 11.8 Å². The quantitative estimate of drug-likeness (QED) is 0.742. The summed E-state index contributed by atoms with van der Waals surface area (Å²) in [6.45, 7) is 1.80. The minimum absolute atomic E-state index is 0.0313. The average molecular weight is 326 g/mol. The summed E-state index contributed by atoms with van der Waals surface area (Å²) in [4.78, 5) is 23.0. The third kappa shape index (κ3) is 3.28. The van der Waals surface area contributed by atoms with Gasteiger partial charge in [-0.1, -0.05) is 13.0 Å². The molecular weight excluding hydrogens is 308 g/mol. The fraction of sp³-hybridized carbons (Fsp3) is 0.429. The number of aryl methyl sites for hydroxylation is 1. The molecule has 1 amide bonds. The maximum Gasteiger partial charge on any atom is 0.307 e. The van der Waals surface area contributed by atoms with Gasteiger partial charge in [0.05, 0.1) is 16.7 Å². The molecule has 2 atom stereocenters. The molecule has 4 N–H and O–H groups in total. The van der Waals surface area contributed by atoms with Gasteiger partial charge in [0.1, 0.15) is 0 Å². The van der Waals surface area contributed by atoms with Gasteiger partial charge in [0, 0.05) is 5.69 Å². The number of carbonyl (C=O) groups is 2. The summed E-state index contributed by atoms with van der Waals surface area (Å²) >= 11 is 0. The Labute approximate surface area is 128 Å². The summed E-state index contributed by atoms with van der Waals surface area (Å²) in [5.41, 5.74) is 0.856. The summed E-state index contributed by atoms with van der Waals surface area (Å²) in [5, 5.41) is 16.7. The van der Waals surface area contributed by atoms with Crippen molar-refractivity contribution in [3.8, 4) is 0 Å². The third-order valence-electron chi connectivity index (χ3n) is 3.95. The second kappa shape index (κ2) is 6.05. The molecule has 1 aliphatic carbocycles. The number of rotatable bonds is 5. The first kappa shape index (κ1) is 16.4. The minimum atomic E-state index is -3.89. The second-order valence-electron chi connectivity index (χ2n) is 5.34. The van der Waals surface area contributed by atoms with Crippen molar-refractivity contribution in [1.82, 2.24) is 0 Å². The highest BCUT2D eigenvalue weighted by Gasteiger charge is 2.41. The number of carboxylic acid groups (broad SMARTS) is 1. The van der Waals surface area contributed by atoms with Gasteiger partial charge in [-0.2, -0.15) is 0 Å². The Morgan fingerprint density at radius 1 is 1.32 bits per heavy atom. The lowest BCUT2D eigenvalue weighted by molar-refractivity contribution is -0.151. The van der Waals surface area contributed by atoms with E-state index < -0.39 is 33.7 Å². The molecule has 1 fully saturated rings. The van der Waals surface area contributed by atoms with E-state index in [-0.39, 0.29) is 4.90 Å². The number of sulfonamides is 1. The lowest BCUT2D eigenvalue weighted by Gasteiger charge is -2.31. The molecule has 2 unspecified atom stereocenters. The summed E-state index contributed by atoms with van der Waals surface area (Å²) in [6.07, 6.45) is 1.48. The number of amides is 1. The lowest BCUT2D eigenvalue weighted by Crippen LogP contribution is -2.41. The number of anilines is 1. The van der Waals surface area contributed by atoms with Crippen LogP contribution in [0.3, 0.4) is 0 Å². The number of carboxylic acids is 1. The Morgan fingerprint density at radius 3 is 2.41 bits per heavy atom. The van der Waals surface area contributed by atoms with Crippen molar-refractivity contribution in [2.24, 2.45) is 17.0 Å². The Morgan fingerprint density at radius 2 is 1.95 bits per heavy atom. The van der Waals surface area contributed by atoms with Crippen LogP contribution in [0.25, 0.3) is 0 Å². The van der Waals surface area contributed by atoms with E-state index in [2.05, 4.69) is 5.32 Å². The number of benzene rings is 1. The molecule has 1 aliphatic rings. The lowest BCUT2D eigenvalue weighted by atomic mass is 9.73. The number of hydrogen-bond donors (Lipinski definition) is 3. The first-order chi connectivity index (χ1) is 10.2. The Balaban J connectivity index is 2.20. The van der Waals surface area contributed by atoms with Crippen molar-refractivity contribution in [2.75, 3.05) is 5.32 Å². The number of nitrogens with two attached hydrogens (primary N) is 1. The summed E-state index contributed by atoms with van der Waals surface area (Å²) < 4.78 is 23.2. The van der Waals surface area contributed by atoms with Crippen LogP contribution in [-0.4, -0.2) is 25.4 Å². The van der Waals surface area contributed by atoms with Crippen molar-refractivity contribution >= 4 is 27.6 Å². The monoisotopic (exact) mass is 326 g/mol. The van der Waals surface area contributed by atoms with Crippen LogP contribution < -0.4 is 10.5 Å². The molecule has 0 heterocycles. The van der Waals surface area contributed by atoms with Crippen molar-refractivity contribution in [2.45, 2.75) is 31.1 Å². The van der Waals surface area contributed by atoms with Gasteiger partial charge in [-0.15, -0.1) is 0 Å². The van der Waals surface area contributed by atoms with E-state index >= 15 is 0 Å². The standard InChI is InChI=1S/C14H18N2O5S/c1-2-8-3-4-9(7-12(8)22(15,20)21)16-13(17)10-5-6-11(10)14(18)19/h3-4,7,10-11H,2,5-6H2,1H3,(H,16,17)(H,18,19)(H2,15,20,21). The van der Waals surface area contributed by atoms with Gasteiger partial charge in [0.15, 0.2) is 0 Å². The molecule has 0 aliphatic heterocycles. The van der Waals surface area contributed by atoms with Gasteiger partial charge in [-0.25, -0.2) is 13.6 Å². The van der Waals surface area contributed by atoms with Crippen LogP contribution in [0.5, 0.6) is 0 Å². The number of aliphatic carboxylic acids is 1. The predicted octanol–water partition coefficient (Wildman–Crippen LogP) is 0.946. The highest BCUT2D eigenvalue weighted by molar-refractivity contribution is 7.89. The molecule has 0 aromatic heterocycles. The summed E-state index contributed by atoms with van der Waals surface area (Å²) in [6, 6.07) is 4.48. The van der Waals surface area contributed by atoms with Gasteiger partial charge in [-0.3, -0.25) is 9.59 Å². The van der Waals surface area contributed by atoms with Crippen LogP contribution in [-0.2, 0) is 26.0 Å². The van der Waals surface area contributed by atoms with Crippen LogP contribution in [0.1, 0.15) is 25.3 Å². The van der Waals surface area contributed by atoms with Gasteiger partial charge in [0.25, 0.3) is 0 Å². The van der Waals surface area contributed by atoms with Crippen LogP contribution >= 0.6 is 0 Å². The smallest absolute Gasteiger partial charge is 0.307 e. The maximum absolute atomic E-state index is 12.1. The maximum atomic E-state index is 12.1. The van der Waals surface area contributed by atoms with Gasteiger partial charge < -0.3 is 10.4 Å². The van der Waals surface area contributed by atoms with Gasteiger partial charge in [-0.05, 0) is 37.0 Å². The van der Waals surface area contributed by atoms with E-state index in [1.165, 1.54) is 6.07 Å². The fourth-order valence-corrected chi connectivity index (χ4v) is 3.40. The Bertz CT molecular complexity index is 714. The normalized spacial score (nSPS) is 21.0. The zero-order chi connectivity index (χ0) is 16.5. The average Bonchev–Trinajstić information content (AvgIpc) is 2.35. The summed E-state index contributed by atoms with van der Waals surface area (Å²) in [5.74, 6) is -2.66. The van der Waals surface area contributed by atoms with E-state index in [1.54, 1.807) is 19.1 Å². The zero-order valence-electron chi connectivity index (χ0n) is 12.1. The van der Waals surface area contributed by atoms with Crippen molar-refractivity contribution in [3.63, 3.8) is 0 Å².